The summed E-state index contributed by atoms with van der Waals surface area (Å²) in [5.41, 5.74) is 8.45. The zero-order valence-electron chi connectivity index (χ0n) is 33.9. The average molecular weight is 719 g/mol. The predicted molar refractivity (Wildman–Crippen MR) is 218 cm³/mol. The van der Waals surface area contributed by atoms with Crippen LogP contribution in [0.1, 0.15) is 136 Å². The average Bonchev–Trinajstić information content (AvgIpc) is 3.13. The van der Waals surface area contributed by atoms with Crippen molar-refractivity contribution in [3.63, 3.8) is 0 Å². The monoisotopic (exact) mass is 719 g/mol. The van der Waals surface area contributed by atoms with Gasteiger partial charge in [0, 0.05) is 32.7 Å². The van der Waals surface area contributed by atoms with Gasteiger partial charge in [-0.05, 0) is 74.6 Å². The van der Waals surface area contributed by atoms with Gasteiger partial charge in [-0.25, -0.2) is 0 Å². The first-order chi connectivity index (χ1) is 22.1. The van der Waals surface area contributed by atoms with Crippen LogP contribution in [0.4, 0.5) is 0 Å². The summed E-state index contributed by atoms with van der Waals surface area (Å²) in [5, 5.41) is 0. The van der Waals surface area contributed by atoms with Gasteiger partial charge >= 0.3 is 0 Å². The van der Waals surface area contributed by atoms with E-state index in [1.165, 1.54) is 78.3 Å². The van der Waals surface area contributed by atoms with Gasteiger partial charge in [0.1, 0.15) is 0 Å². The van der Waals surface area contributed by atoms with Gasteiger partial charge in [-0.15, -0.1) is 0 Å². The molecule has 0 bridgehead atoms. The van der Waals surface area contributed by atoms with Crippen molar-refractivity contribution in [2.45, 2.75) is 142 Å². The van der Waals surface area contributed by atoms with Gasteiger partial charge in [-0.2, -0.15) is 0 Å². The third kappa shape index (κ3) is 36.7. The minimum Gasteiger partial charge on any atom is -0.358 e. The molecule has 0 saturated heterocycles. The molecule has 0 aliphatic heterocycles. The van der Waals surface area contributed by atoms with E-state index in [1.807, 2.05) is 69.2 Å². The van der Waals surface area contributed by atoms with Crippen LogP contribution in [0, 0.1) is 21.3 Å². The summed E-state index contributed by atoms with van der Waals surface area (Å²) in [4.78, 5) is 0. The molecule has 1 heteroatoms. The summed E-state index contributed by atoms with van der Waals surface area (Å²) in [5.74, 6) is 0. The Morgan fingerprint density at radius 1 is 0.340 bits per heavy atom. The third-order valence-electron chi connectivity index (χ3n) is 5.79. The Kier molecular flexibility index (Phi) is 58.9. The second-order valence-electron chi connectivity index (χ2n) is 9.36. The molecule has 0 fully saturated rings. The van der Waals surface area contributed by atoms with E-state index in [1.54, 1.807) is 0 Å². The van der Waals surface area contributed by atoms with E-state index in [2.05, 4.69) is 137 Å². The van der Waals surface area contributed by atoms with Crippen LogP contribution in [0.2, 0.25) is 0 Å². The van der Waals surface area contributed by atoms with Crippen molar-refractivity contribution >= 4 is 0 Å². The number of benzene rings is 4. The topological polar surface area (TPSA) is 0 Å². The number of aryl methyl sites for hydroxylation is 6. The molecule has 4 aromatic rings. The maximum Gasteiger partial charge on any atom is 0 e. The molecule has 0 N–H and O–H groups in total. The van der Waals surface area contributed by atoms with Gasteiger partial charge in [0.25, 0.3) is 0 Å². The summed E-state index contributed by atoms with van der Waals surface area (Å²) in [6, 6.07) is 39.1. The van der Waals surface area contributed by atoms with E-state index >= 15 is 0 Å². The maximum absolute atomic E-state index is 2.24. The van der Waals surface area contributed by atoms with E-state index in [4.69, 9.17) is 0 Å². The fraction of sp³-hybridized carbons (Fsp3) is 0.457. The Hall–Kier alpha value is -2.02. The summed E-state index contributed by atoms with van der Waals surface area (Å²) < 4.78 is 0. The molecule has 0 atom stereocenters. The van der Waals surface area contributed by atoms with Gasteiger partial charge in [0.2, 0.25) is 0 Å². The molecule has 0 saturated carbocycles. The Morgan fingerprint density at radius 2 is 0.532 bits per heavy atom. The minimum atomic E-state index is 0. The van der Waals surface area contributed by atoms with Crippen LogP contribution < -0.4 is 0 Å². The molecule has 265 valence electrons. The van der Waals surface area contributed by atoms with Gasteiger partial charge in [-0.1, -0.05) is 210 Å². The molecule has 1 radical (unpaired) electrons. The maximum atomic E-state index is 2.24. The van der Waals surface area contributed by atoms with Crippen LogP contribution in [0.15, 0.2) is 109 Å². The fourth-order valence-electron chi connectivity index (χ4n) is 3.79. The second-order valence-corrected chi connectivity index (χ2v) is 9.36. The Balaban J connectivity index is -0.000000128. The Labute approximate surface area is 322 Å². The van der Waals surface area contributed by atoms with Crippen LogP contribution in [-0.4, -0.2) is 0 Å². The molecule has 0 aliphatic rings. The Bertz CT molecular complexity index is 933. The molecule has 0 spiro atoms. The van der Waals surface area contributed by atoms with Crippen LogP contribution in [-0.2, 0) is 58.4 Å². The molecule has 4 aromatic carbocycles. The standard InChI is InChI=1S/2C16H18.C3H8.5C2H6.CH3.Y/c2*1-14-10-12-16(13-11-14)9-5-8-15-6-3-2-4-7-15;1-3-2;5*1-2;;/h2*2-4,6-7,10-13H,5,8-9H2,1H3;3H2,1-2H3;5*1-2H3;1H3;/q;;;;;;;;-1;. The predicted octanol–water partition coefficient (Wildman–Crippen LogP) is 15.3. The largest absolute Gasteiger partial charge is 0.358 e. The number of hydrogen-bond donors (Lipinski definition) is 0. The summed E-state index contributed by atoms with van der Waals surface area (Å²) in [7, 11) is 0. The van der Waals surface area contributed by atoms with Crippen molar-refractivity contribution in [3.8, 4) is 0 Å². The van der Waals surface area contributed by atoms with E-state index < -0.39 is 0 Å². The first kappa shape index (κ1) is 57.3. The van der Waals surface area contributed by atoms with Crippen molar-refractivity contribution in [1.29, 1.82) is 0 Å². The second kappa shape index (κ2) is 48.4. The molecule has 47 heavy (non-hydrogen) atoms. The van der Waals surface area contributed by atoms with E-state index in [0.717, 1.165) is 0 Å². The first-order valence-corrected chi connectivity index (χ1v) is 18.3. The van der Waals surface area contributed by atoms with Gasteiger partial charge < -0.3 is 7.43 Å². The van der Waals surface area contributed by atoms with E-state index in [-0.39, 0.29) is 40.1 Å². The fourth-order valence-corrected chi connectivity index (χ4v) is 3.79. The molecule has 0 aromatic heterocycles. The van der Waals surface area contributed by atoms with Crippen molar-refractivity contribution in [3.05, 3.63) is 150 Å². The van der Waals surface area contributed by atoms with Gasteiger partial charge in [0.05, 0.1) is 0 Å². The zero-order chi connectivity index (χ0) is 35.1. The minimum absolute atomic E-state index is 0. The first-order valence-electron chi connectivity index (χ1n) is 18.3. The number of rotatable bonds is 8. The summed E-state index contributed by atoms with van der Waals surface area (Å²) in [6.07, 6.45) is 8.41. The summed E-state index contributed by atoms with van der Waals surface area (Å²) in [6.45, 7) is 28.5. The van der Waals surface area contributed by atoms with Crippen molar-refractivity contribution in [2.75, 3.05) is 0 Å². The molecule has 0 amide bonds. The van der Waals surface area contributed by atoms with E-state index in [0.29, 0.717) is 0 Å². The molecule has 0 aliphatic carbocycles. The molecule has 0 unspecified atom stereocenters. The SMILES string of the molecule is CC.CC.CC.CC.CC.CCC.Cc1ccc(CCCc2ccccc2)cc1.Cc1ccc(CCCc2ccccc2)cc1.[CH3-].[Y]. The molecule has 4 rings (SSSR count). The molecular weight excluding hydrogens is 641 g/mol. The Morgan fingerprint density at radius 3 is 0.745 bits per heavy atom. The quantitative estimate of drug-likeness (QED) is 0.159. The smallest absolute Gasteiger partial charge is 0 e. The van der Waals surface area contributed by atoms with Crippen LogP contribution in [0.3, 0.4) is 0 Å². The van der Waals surface area contributed by atoms with Crippen molar-refractivity contribution in [1.82, 2.24) is 0 Å². The van der Waals surface area contributed by atoms with Crippen molar-refractivity contribution in [2.24, 2.45) is 0 Å². The van der Waals surface area contributed by atoms with Crippen LogP contribution in [0.25, 0.3) is 0 Å². The van der Waals surface area contributed by atoms with Crippen molar-refractivity contribution < 1.29 is 32.7 Å². The third-order valence-corrected chi connectivity index (χ3v) is 5.79. The summed E-state index contributed by atoms with van der Waals surface area (Å²) >= 11 is 0. The number of hydrogen-bond acceptors (Lipinski definition) is 0. The molecule has 0 heterocycles. The molecule has 0 nitrogen and oxygen atoms in total. The van der Waals surface area contributed by atoms with Gasteiger partial charge in [-0.3, -0.25) is 0 Å². The van der Waals surface area contributed by atoms with Crippen LogP contribution >= 0.6 is 0 Å². The van der Waals surface area contributed by atoms with Crippen LogP contribution in [0.5, 0.6) is 0 Å². The molecular formula is C46H77Y-. The van der Waals surface area contributed by atoms with E-state index in [9.17, 15) is 0 Å². The van der Waals surface area contributed by atoms with Gasteiger partial charge in [0.15, 0.2) is 0 Å². The normalized spacial score (nSPS) is 8.04. The zero-order valence-corrected chi connectivity index (χ0v) is 36.8.